The summed E-state index contributed by atoms with van der Waals surface area (Å²) in [5, 5.41) is 10.8. The van der Waals surface area contributed by atoms with Crippen molar-refractivity contribution in [2.24, 2.45) is 17.8 Å². The molecule has 0 spiro atoms. The fourth-order valence-corrected chi connectivity index (χ4v) is 3.71. The third-order valence-electron chi connectivity index (χ3n) is 5.77. The van der Waals surface area contributed by atoms with Gasteiger partial charge in [0.15, 0.2) is 0 Å². The van der Waals surface area contributed by atoms with Gasteiger partial charge in [0.2, 0.25) is 0 Å². The van der Waals surface area contributed by atoms with Gasteiger partial charge < -0.3 is 20.4 Å². The number of rotatable bonds is 12. The number of aryl methyl sites for hydroxylation is 1. The maximum Gasteiger partial charge on any atom is 0.307 e. The number of aliphatic imine (C=N–C) groups is 1. The topological polar surface area (TPSA) is 139 Å². The molecule has 10 heteroatoms. The van der Waals surface area contributed by atoms with Crippen LogP contribution in [0.5, 0.6) is 0 Å². The van der Waals surface area contributed by atoms with E-state index in [1.165, 1.54) is 4.90 Å². The Kier molecular flexibility index (Phi) is 9.53. The largest absolute Gasteiger partial charge is 0.466 e. The van der Waals surface area contributed by atoms with Crippen LogP contribution in [0, 0.1) is 5.41 Å². The molecular weight excluding hydrogens is 482 g/mol. The van der Waals surface area contributed by atoms with E-state index in [2.05, 4.69) is 16.9 Å². The van der Waals surface area contributed by atoms with E-state index in [-0.39, 0.29) is 37.1 Å². The van der Waals surface area contributed by atoms with Crippen molar-refractivity contribution in [3.63, 3.8) is 0 Å². The van der Waals surface area contributed by atoms with Crippen LogP contribution in [-0.2, 0) is 23.1 Å². The number of nitrogens with two attached hydrogens (primary N) is 1. The molecule has 0 radical (unpaired) electrons. The van der Waals surface area contributed by atoms with Crippen LogP contribution in [0.2, 0.25) is 0 Å². The van der Waals surface area contributed by atoms with Gasteiger partial charge in [-0.05, 0) is 62.4 Å². The van der Waals surface area contributed by atoms with Crippen LogP contribution in [-0.4, -0.2) is 51.5 Å². The van der Waals surface area contributed by atoms with Crippen molar-refractivity contribution in [1.29, 1.82) is 5.41 Å². The summed E-state index contributed by atoms with van der Waals surface area (Å²) in [5.41, 5.74) is 8.97. The molecule has 0 unspecified atom stereocenters. The first-order valence-corrected chi connectivity index (χ1v) is 12.2. The van der Waals surface area contributed by atoms with Gasteiger partial charge in [0.1, 0.15) is 17.5 Å². The third-order valence-corrected chi connectivity index (χ3v) is 5.77. The van der Waals surface area contributed by atoms with Crippen molar-refractivity contribution >= 4 is 40.6 Å². The smallest absolute Gasteiger partial charge is 0.307 e. The van der Waals surface area contributed by atoms with E-state index in [0.29, 0.717) is 23.2 Å². The number of ether oxygens (including phenoxy) is 1. The van der Waals surface area contributed by atoms with Crippen molar-refractivity contribution in [3.05, 3.63) is 84.0 Å². The molecule has 1 amide bonds. The Bertz CT molecular complexity index is 1390. The molecule has 4 N–H and O–H groups in total. The number of anilines is 1. The van der Waals surface area contributed by atoms with E-state index >= 15 is 0 Å². The second-order valence-electron chi connectivity index (χ2n) is 8.37. The number of nitrogen functional groups attached to an aromatic ring is 1. The highest BCUT2D eigenvalue weighted by Gasteiger charge is 2.21. The Hall–Kier alpha value is -4.73. The zero-order valence-electron chi connectivity index (χ0n) is 21.9. The number of fused-ring (bicyclic) bond motifs is 1. The molecule has 0 saturated carbocycles. The molecule has 0 bridgehead atoms. The number of amides is 1. The second kappa shape index (κ2) is 13.0. The number of hydrogen-bond donors (Lipinski definition) is 3. The van der Waals surface area contributed by atoms with Crippen molar-refractivity contribution < 1.29 is 14.3 Å². The molecule has 0 aliphatic carbocycles. The number of amidine groups is 1. The molecule has 0 aliphatic heterocycles. The number of carbonyl (C=O) groups excluding carboxylic acids is 2. The van der Waals surface area contributed by atoms with Crippen LogP contribution in [0.1, 0.15) is 42.0 Å². The Morgan fingerprint density at radius 3 is 2.61 bits per heavy atom. The monoisotopic (exact) mass is 515 g/mol. The molecule has 3 rings (SSSR count). The summed E-state index contributed by atoms with van der Waals surface area (Å²) >= 11 is 0. The Morgan fingerprint density at radius 2 is 1.95 bits per heavy atom. The number of esters is 1. The van der Waals surface area contributed by atoms with E-state index in [0.717, 1.165) is 17.0 Å². The van der Waals surface area contributed by atoms with E-state index in [1.807, 2.05) is 42.8 Å². The average Bonchev–Trinajstić information content (AvgIpc) is 3.22. The lowest BCUT2D eigenvalue weighted by Gasteiger charge is -2.22. The summed E-state index contributed by atoms with van der Waals surface area (Å²) in [5.74, 6) is 0.280. The number of hydrogen-bond acceptors (Lipinski definition) is 7. The quantitative estimate of drug-likeness (QED) is 0.189. The van der Waals surface area contributed by atoms with Crippen molar-refractivity contribution in [2.75, 3.05) is 18.5 Å². The predicted octanol–water partition coefficient (Wildman–Crippen LogP) is 3.98. The molecule has 0 fully saturated rings. The Balaban J connectivity index is 1.81. The van der Waals surface area contributed by atoms with Gasteiger partial charge in [0.05, 0.1) is 30.6 Å². The maximum atomic E-state index is 13.5. The van der Waals surface area contributed by atoms with Gasteiger partial charge in [0, 0.05) is 36.6 Å². The lowest BCUT2D eigenvalue weighted by Crippen LogP contribution is -2.32. The van der Waals surface area contributed by atoms with Gasteiger partial charge in [-0.15, -0.1) is 0 Å². The summed E-state index contributed by atoms with van der Waals surface area (Å²) in [6.07, 6.45) is 5.10. The summed E-state index contributed by atoms with van der Waals surface area (Å²) in [6, 6.07) is 12.6. The first-order valence-electron chi connectivity index (χ1n) is 12.2. The molecule has 198 valence electrons. The van der Waals surface area contributed by atoms with Gasteiger partial charge >= 0.3 is 5.97 Å². The number of allylic oxidation sites excluding steroid dienone is 2. The fourth-order valence-electron chi connectivity index (χ4n) is 3.71. The molecule has 0 atom stereocenters. The number of benzene rings is 2. The fraction of sp³-hybridized carbons (Fsp3) is 0.250. The van der Waals surface area contributed by atoms with E-state index < -0.39 is 5.97 Å². The highest BCUT2D eigenvalue weighted by molar-refractivity contribution is 5.98. The SMILES string of the molecule is C=C(/N=C\C=C/C)N(CCC(=O)OCC)C(=O)c1ccc2c(c1)nc(CNc1ccc(C(=N)N)cc1)n2C. The summed E-state index contributed by atoms with van der Waals surface area (Å²) in [7, 11) is 1.91. The molecule has 2 aromatic carbocycles. The number of aromatic nitrogens is 2. The number of nitrogens with one attached hydrogen (secondary N) is 2. The highest BCUT2D eigenvalue weighted by atomic mass is 16.5. The Morgan fingerprint density at radius 1 is 1.24 bits per heavy atom. The van der Waals surface area contributed by atoms with Gasteiger partial charge in [-0.1, -0.05) is 12.7 Å². The van der Waals surface area contributed by atoms with Crippen LogP contribution in [0.25, 0.3) is 11.0 Å². The van der Waals surface area contributed by atoms with Crippen molar-refractivity contribution in [3.8, 4) is 0 Å². The van der Waals surface area contributed by atoms with E-state index in [1.54, 1.807) is 43.5 Å². The maximum absolute atomic E-state index is 13.5. The summed E-state index contributed by atoms with van der Waals surface area (Å²) in [6.45, 7) is 8.32. The first-order chi connectivity index (χ1) is 18.2. The summed E-state index contributed by atoms with van der Waals surface area (Å²) < 4.78 is 6.97. The minimum absolute atomic E-state index is 0.0184. The molecule has 0 aliphatic rings. The molecular formula is C28H33N7O3. The normalized spacial score (nSPS) is 11.2. The molecule has 3 aromatic rings. The lowest BCUT2D eigenvalue weighted by molar-refractivity contribution is -0.143. The van der Waals surface area contributed by atoms with Gasteiger partial charge in [0.25, 0.3) is 5.91 Å². The van der Waals surface area contributed by atoms with Crippen molar-refractivity contribution in [1.82, 2.24) is 14.5 Å². The highest BCUT2D eigenvalue weighted by Crippen LogP contribution is 2.21. The van der Waals surface area contributed by atoms with E-state index in [9.17, 15) is 9.59 Å². The van der Waals surface area contributed by atoms with Gasteiger partial charge in [-0.3, -0.25) is 19.9 Å². The van der Waals surface area contributed by atoms with Gasteiger partial charge in [-0.25, -0.2) is 9.98 Å². The number of nitrogens with zero attached hydrogens (tertiary/aromatic N) is 4. The molecule has 10 nitrogen and oxygen atoms in total. The minimum Gasteiger partial charge on any atom is -0.466 e. The standard InChI is InChI=1S/C28H33N7O3/c1-5-7-15-31-19(3)35(16-14-26(36)38-6-2)28(37)21-10-13-24-23(17-21)33-25(34(24)4)18-32-22-11-8-20(9-12-22)27(29)30/h5,7-13,15,17,32H,3,6,14,16,18H2,1-2,4H3,(H3,29,30)/b7-5-,31-15-. The zero-order chi connectivity index (χ0) is 27.7. The van der Waals surface area contributed by atoms with Crippen LogP contribution in [0.3, 0.4) is 0 Å². The van der Waals surface area contributed by atoms with Gasteiger partial charge in [-0.2, -0.15) is 0 Å². The van der Waals surface area contributed by atoms with Crippen LogP contribution in [0.4, 0.5) is 5.69 Å². The van der Waals surface area contributed by atoms with Crippen molar-refractivity contribution in [2.45, 2.75) is 26.8 Å². The van der Waals surface area contributed by atoms with E-state index in [4.69, 9.17) is 20.9 Å². The summed E-state index contributed by atoms with van der Waals surface area (Å²) in [4.78, 5) is 35.7. The minimum atomic E-state index is -0.399. The lowest BCUT2D eigenvalue weighted by atomic mass is 10.1. The zero-order valence-corrected chi connectivity index (χ0v) is 21.9. The molecule has 38 heavy (non-hydrogen) atoms. The van der Waals surface area contributed by atoms with Crippen LogP contribution >= 0.6 is 0 Å². The third kappa shape index (κ3) is 6.94. The molecule has 0 saturated heterocycles. The second-order valence-corrected chi connectivity index (χ2v) is 8.37. The average molecular weight is 516 g/mol. The first kappa shape index (κ1) is 27.9. The molecule has 1 heterocycles. The number of carbonyl (C=O) groups is 2. The van der Waals surface area contributed by atoms with Crippen LogP contribution < -0.4 is 11.1 Å². The predicted molar refractivity (Wildman–Crippen MR) is 150 cm³/mol. The Labute approximate surface area is 222 Å². The van der Waals surface area contributed by atoms with Crippen LogP contribution in [0.15, 0.2) is 72.0 Å². The molecule has 1 aromatic heterocycles. The number of imidazole rings is 1.